The van der Waals surface area contributed by atoms with E-state index in [9.17, 15) is 4.79 Å². The van der Waals surface area contributed by atoms with Crippen LogP contribution in [0.25, 0.3) is 0 Å². The molecule has 0 saturated heterocycles. The van der Waals surface area contributed by atoms with Crippen LogP contribution < -0.4 is 16.0 Å². The number of aromatic nitrogens is 1. The molecule has 0 radical (unpaired) electrons. The predicted octanol–water partition coefficient (Wildman–Crippen LogP) is 3.11. The maximum absolute atomic E-state index is 12.0. The third-order valence-electron chi connectivity index (χ3n) is 3.49. The zero-order chi connectivity index (χ0) is 18.1. The van der Waals surface area contributed by atoms with E-state index in [4.69, 9.17) is 0 Å². The molecule has 0 aliphatic carbocycles. The standard InChI is InChI=1S/C18H25N5OS.HI/c1-4-19-18(20-11-10-17-22-13(2)14(3)25-17)21-12-16(24)23-15-8-6-5-7-9-15;/h5-9H,4,10-12H2,1-3H3,(H,23,24)(H2,19,20,21);1H. The highest BCUT2D eigenvalue weighted by Gasteiger charge is 2.05. The van der Waals surface area contributed by atoms with Gasteiger partial charge in [0.15, 0.2) is 5.96 Å². The van der Waals surface area contributed by atoms with Crippen LogP contribution in [0, 0.1) is 13.8 Å². The molecule has 1 aromatic carbocycles. The molecule has 0 unspecified atom stereocenters. The number of aliphatic imine (C=N–C) groups is 1. The van der Waals surface area contributed by atoms with E-state index in [0.29, 0.717) is 5.96 Å². The van der Waals surface area contributed by atoms with Crippen molar-refractivity contribution in [3.63, 3.8) is 0 Å². The fourth-order valence-electron chi connectivity index (χ4n) is 2.15. The Balaban J connectivity index is 0.00000338. The zero-order valence-corrected chi connectivity index (χ0v) is 18.5. The highest BCUT2D eigenvalue weighted by atomic mass is 127. The zero-order valence-electron chi connectivity index (χ0n) is 15.3. The van der Waals surface area contributed by atoms with Gasteiger partial charge in [0.1, 0.15) is 6.54 Å². The maximum atomic E-state index is 12.0. The second kappa shape index (κ2) is 11.8. The van der Waals surface area contributed by atoms with Crippen molar-refractivity contribution < 1.29 is 4.79 Å². The van der Waals surface area contributed by atoms with Crippen LogP contribution in [0.2, 0.25) is 0 Å². The number of halogens is 1. The molecule has 2 rings (SSSR count). The van der Waals surface area contributed by atoms with Gasteiger partial charge in [0.25, 0.3) is 0 Å². The first-order valence-electron chi connectivity index (χ1n) is 8.38. The molecule has 0 aliphatic rings. The average molecular weight is 487 g/mol. The number of benzene rings is 1. The number of carbonyl (C=O) groups excluding carboxylic acids is 1. The van der Waals surface area contributed by atoms with Crippen LogP contribution in [0.1, 0.15) is 22.5 Å². The molecule has 0 atom stereocenters. The van der Waals surface area contributed by atoms with Crippen LogP contribution in [-0.2, 0) is 11.2 Å². The second-order valence-corrected chi connectivity index (χ2v) is 6.82. The average Bonchev–Trinajstić information content (AvgIpc) is 2.91. The van der Waals surface area contributed by atoms with Gasteiger partial charge in [0.2, 0.25) is 5.91 Å². The number of guanidine groups is 1. The van der Waals surface area contributed by atoms with Crippen LogP contribution in [0.5, 0.6) is 0 Å². The summed E-state index contributed by atoms with van der Waals surface area (Å²) in [7, 11) is 0. The van der Waals surface area contributed by atoms with Gasteiger partial charge in [-0.25, -0.2) is 9.98 Å². The smallest absolute Gasteiger partial charge is 0.246 e. The van der Waals surface area contributed by atoms with E-state index in [2.05, 4.69) is 32.9 Å². The quantitative estimate of drug-likeness (QED) is 0.319. The minimum atomic E-state index is -0.144. The molecular weight excluding hydrogens is 461 g/mol. The van der Waals surface area contributed by atoms with E-state index >= 15 is 0 Å². The lowest BCUT2D eigenvalue weighted by atomic mass is 10.3. The lowest BCUT2D eigenvalue weighted by molar-refractivity contribution is -0.114. The lowest BCUT2D eigenvalue weighted by Crippen LogP contribution is -2.39. The van der Waals surface area contributed by atoms with E-state index in [-0.39, 0.29) is 36.4 Å². The summed E-state index contributed by atoms with van der Waals surface area (Å²) in [4.78, 5) is 22.1. The summed E-state index contributed by atoms with van der Waals surface area (Å²) in [6, 6.07) is 9.37. The maximum Gasteiger partial charge on any atom is 0.246 e. The summed E-state index contributed by atoms with van der Waals surface area (Å²) < 4.78 is 0. The largest absolute Gasteiger partial charge is 0.357 e. The number of thiazole rings is 1. The van der Waals surface area contributed by atoms with Crippen molar-refractivity contribution >= 4 is 52.9 Å². The normalized spacial score (nSPS) is 10.8. The number of carbonyl (C=O) groups is 1. The Labute approximate surface area is 175 Å². The minimum Gasteiger partial charge on any atom is -0.357 e. The van der Waals surface area contributed by atoms with Crippen LogP contribution in [-0.4, -0.2) is 36.5 Å². The Kier molecular flexibility index (Phi) is 10.2. The first-order chi connectivity index (χ1) is 12.1. The Morgan fingerprint density at radius 2 is 1.92 bits per heavy atom. The number of nitrogens with one attached hydrogen (secondary N) is 3. The second-order valence-electron chi connectivity index (χ2n) is 5.54. The SMILES string of the molecule is CCNC(=NCC(=O)Nc1ccccc1)NCCc1nc(C)c(C)s1.I. The fourth-order valence-corrected chi connectivity index (χ4v) is 3.08. The van der Waals surface area contributed by atoms with Gasteiger partial charge >= 0.3 is 0 Å². The molecule has 142 valence electrons. The van der Waals surface area contributed by atoms with Gasteiger partial charge in [-0.15, -0.1) is 35.3 Å². The molecule has 1 aromatic heterocycles. The van der Waals surface area contributed by atoms with E-state index < -0.39 is 0 Å². The van der Waals surface area contributed by atoms with Crippen molar-refractivity contribution in [3.05, 3.63) is 45.9 Å². The monoisotopic (exact) mass is 487 g/mol. The summed E-state index contributed by atoms with van der Waals surface area (Å²) in [5.74, 6) is 0.491. The minimum absolute atomic E-state index is 0. The number of aryl methyl sites for hydroxylation is 2. The fraction of sp³-hybridized carbons (Fsp3) is 0.389. The molecule has 0 spiro atoms. The van der Waals surface area contributed by atoms with Crippen molar-refractivity contribution in [1.29, 1.82) is 0 Å². The van der Waals surface area contributed by atoms with Gasteiger partial charge in [0, 0.05) is 30.1 Å². The molecule has 3 N–H and O–H groups in total. The van der Waals surface area contributed by atoms with E-state index in [1.807, 2.05) is 44.2 Å². The van der Waals surface area contributed by atoms with Crippen molar-refractivity contribution in [3.8, 4) is 0 Å². The molecule has 2 aromatic rings. The van der Waals surface area contributed by atoms with Crippen LogP contribution in [0.3, 0.4) is 0 Å². The van der Waals surface area contributed by atoms with E-state index in [1.165, 1.54) is 4.88 Å². The number of anilines is 1. The molecule has 0 fully saturated rings. The summed E-state index contributed by atoms with van der Waals surface area (Å²) in [6.07, 6.45) is 0.833. The Hall–Kier alpha value is -1.68. The highest BCUT2D eigenvalue weighted by Crippen LogP contribution is 2.16. The van der Waals surface area contributed by atoms with Crippen LogP contribution in [0.4, 0.5) is 5.69 Å². The Morgan fingerprint density at radius 3 is 2.54 bits per heavy atom. The van der Waals surface area contributed by atoms with Crippen molar-refractivity contribution in [2.75, 3.05) is 25.0 Å². The molecule has 0 aliphatic heterocycles. The predicted molar refractivity (Wildman–Crippen MR) is 120 cm³/mol. The molecule has 1 amide bonds. The number of nitrogens with zero attached hydrogens (tertiary/aromatic N) is 2. The number of para-hydroxylation sites is 1. The first-order valence-corrected chi connectivity index (χ1v) is 9.20. The van der Waals surface area contributed by atoms with E-state index in [1.54, 1.807) is 11.3 Å². The van der Waals surface area contributed by atoms with Crippen molar-refractivity contribution in [2.45, 2.75) is 27.2 Å². The Morgan fingerprint density at radius 1 is 1.19 bits per heavy atom. The van der Waals surface area contributed by atoms with Gasteiger partial charge in [0.05, 0.1) is 10.7 Å². The Bertz CT molecular complexity index is 698. The number of hydrogen-bond acceptors (Lipinski definition) is 4. The topological polar surface area (TPSA) is 78.4 Å². The van der Waals surface area contributed by atoms with Crippen molar-refractivity contribution in [2.24, 2.45) is 4.99 Å². The van der Waals surface area contributed by atoms with Crippen molar-refractivity contribution in [1.82, 2.24) is 15.6 Å². The lowest BCUT2D eigenvalue weighted by Gasteiger charge is -2.10. The third kappa shape index (κ3) is 7.69. The number of hydrogen-bond donors (Lipinski definition) is 3. The van der Waals surface area contributed by atoms with Crippen LogP contribution in [0.15, 0.2) is 35.3 Å². The molecule has 0 saturated carbocycles. The summed E-state index contributed by atoms with van der Waals surface area (Å²) in [5.41, 5.74) is 1.87. The summed E-state index contributed by atoms with van der Waals surface area (Å²) >= 11 is 1.72. The molecule has 6 nitrogen and oxygen atoms in total. The summed E-state index contributed by atoms with van der Waals surface area (Å²) in [5, 5.41) is 10.3. The van der Waals surface area contributed by atoms with Crippen LogP contribution >= 0.6 is 35.3 Å². The van der Waals surface area contributed by atoms with E-state index in [0.717, 1.165) is 35.9 Å². The molecule has 26 heavy (non-hydrogen) atoms. The third-order valence-corrected chi connectivity index (χ3v) is 4.62. The molecule has 8 heteroatoms. The first kappa shape index (κ1) is 22.4. The molecule has 1 heterocycles. The summed E-state index contributed by atoms with van der Waals surface area (Å²) in [6.45, 7) is 7.63. The number of amides is 1. The van der Waals surface area contributed by atoms with Gasteiger partial charge in [-0.05, 0) is 32.9 Å². The molecular formula is C18H26IN5OS. The van der Waals surface area contributed by atoms with Gasteiger partial charge in [-0.3, -0.25) is 4.79 Å². The van der Waals surface area contributed by atoms with Gasteiger partial charge in [-0.2, -0.15) is 0 Å². The van der Waals surface area contributed by atoms with Gasteiger partial charge in [-0.1, -0.05) is 18.2 Å². The number of rotatable bonds is 7. The highest BCUT2D eigenvalue weighted by molar-refractivity contribution is 14.0. The molecule has 0 bridgehead atoms. The van der Waals surface area contributed by atoms with Gasteiger partial charge < -0.3 is 16.0 Å².